The van der Waals surface area contributed by atoms with Crippen LogP contribution in [0.2, 0.25) is 0 Å². The van der Waals surface area contributed by atoms with Crippen LogP contribution in [0.4, 0.5) is 10.2 Å². The first kappa shape index (κ1) is 24.4. The molecule has 9 nitrogen and oxygen atoms in total. The van der Waals surface area contributed by atoms with Crippen molar-refractivity contribution in [3.63, 3.8) is 0 Å². The molecule has 1 aromatic carbocycles. The van der Waals surface area contributed by atoms with Crippen LogP contribution in [0.5, 0.6) is 0 Å². The average molecular weight is 485 g/mol. The van der Waals surface area contributed by atoms with Crippen molar-refractivity contribution >= 4 is 28.7 Å². The van der Waals surface area contributed by atoms with Crippen LogP contribution in [0.3, 0.4) is 0 Å². The van der Waals surface area contributed by atoms with Crippen LogP contribution in [-0.4, -0.2) is 37.8 Å². The number of nitriles is 2. The number of benzene rings is 1. The molecule has 0 saturated heterocycles. The van der Waals surface area contributed by atoms with Gasteiger partial charge in [-0.05, 0) is 39.8 Å². The zero-order valence-corrected chi connectivity index (χ0v) is 20.7. The molecule has 0 bridgehead atoms. The van der Waals surface area contributed by atoms with Gasteiger partial charge in [-0.3, -0.25) is 14.6 Å². The van der Waals surface area contributed by atoms with Gasteiger partial charge in [0.2, 0.25) is 0 Å². The summed E-state index contributed by atoms with van der Waals surface area (Å²) in [6.07, 6.45) is 1.35. The summed E-state index contributed by atoms with van der Waals surface area (Å²) in [5, 5.41) is 34.4. The van der Waals surface area contributed by atoms with Gasteiger partial charge in [-0.2, -0.15) is 20.7 Å². The number of carbonyl (C=O) groups is 1. The van der Waals surface area contributed by atoms with Crippen LogP contribution in [0.15, 0.2) is 41.3 Å². The largest absolute Gasteiger partial charge is 0.350 e. The minimum absolute atomic E-state index is 0.128. The summed E-state index contributed by atoms with van der Waals surface area (Å²) < 4.78 is 17.5. The number of allylic oxidation sites excluding steroid dienone is 4. The van der Waals surface area contributed by atoms with Crippen molar-refractivity contribution in [2.45, 2.75) is 40.2 Å². The smallest absolute Gasteiger partial charge is 0.275 e. The molecule has 0 saturated carbocycles. The number of carbonyl (C=O) groups excluding carboxylic acids is 1. The Morgan fingerprint density at radius 3 is 2.44 bits per heavy atom. The van der Waals surface area contributed by atoms with Gasteiger partial charge in [-0.1, -0.05) is 12.7 Å². The topological polar surface area (TPSA) is 126 Å². The molecule has 1 aliphatic rings. The lowest BCUT2D eigenvalue weighted by atomic mass is 9.80. The summed E-state index contributed by atoms with van der Waals surface area (Å²) in [4.78, 5) is 14.8. The number of aryl methyl sites for hydroxylation is 2. The van der Waals surface area contributed by atoms with Crippen molar-refractivity contribution in [1.82, 2.24) is 24.9 Å². The third-order valence-electron chi connectivity index (χ3n) is 6.65. The predicted octanol–water partition coefficient (Wildman–Crippen LogP) is 4.75. The molecule has 2 N–H and O–H groups in total. The first-order chi connectivity index (χ1) is 17.2. The minimum Gasteiger partial charge on any atom is -0.350 e. The van der Waals surface area contributed by atoms with Crippen molar-refractivity contribution in [3.05, 3.63) is 69.6 Å². The summed E-state index contributed by atoms with van der Waals surface area (Å²) in [7, 11) is 1.76. The third kappa shape index (κ3) is 3.64. The molecule has 2 aromatic heterocycles. The van der Waals surface area contributed by atoms with Gasteiger partial charge in [0.15, 0.2) is 5.82 Å². The Balaban J connectivity index is 1.92. The zero-order valence-electron chi connectivity index (χ0n) is 20.7. The monoisotopic (exact) mass is 484 g/mol. The number of H-pyrrole nitrogens is 1. The normalized spacial score (nSPS) is 14.3. The van der Waals surface area contributed by atoms with Crippen molar-refractivity contribution in [2.75, 3.05) is 12.4 Å². The molecule has 182 valence electrons. The lowest BCUT2D eigenvalue weighted by Crippen LogP contribution is -2.26. The van der Waals surface area contributed by atoms with E-state index >= 15 is 4.39 Å². The SMILES string of the molecule is C=Cc1c(F)c(C2C(C#N)=C(C)N(C)C(C)=C2C#N)cc2c(NC(=O)c3cc(C)nn3CC)n[nH]c12. The van der Waals surface area contributed by atoms with Crippen molar-refractivity contribution in [3.8, 4) is 12.1 Å². The van der Waals surface area contributed by atoms with E-state index in [0.29, 0.717) is 40.2 Å². The second-order valence-electron chi connectivity index (χ2n) is 8.55. The Bertz CT molecular complexity index is 1540. The summed E-state index contributed by atoms with van der Waals surface area (Å²) in [5.74, 6) is -1.76. The van der Waals surface area contributed by atoms with Gasteiger partial charge < -0.3 is 10.2 Å². The molecule has 0 radical (unpaired) electrons. The van der Waals surface area contributed by atoms with E-state index < -0.39 is 17.6 Å². The maximum Gasteiger partial charge on any atom is 0.275 e. The van der Waals surface area contributed by atoms with Crippen molar-refractivity contribution in [2.24, 2.45) is 0 Å². The van der Waals surface area contributed by atoms with Gasteiger partial charge in [-0.25, -0.2) is 4.39 Å². The maximum absolute atomic E-state index is 15.9. The van der Waals surface area contributed by atoms with Gasteiger partial charge in [0.25, 0.3) is 5.91 Å². The quantitative estimate of drug-likeness (QED) is 0.538. The van der Waals surface area contributed by atoms with Crippen LogP contribution < -0.4 is 5.32 Å². The second-order valence-corrected chi connectivity index (χ2v) is 8.55. The summed E-state index contributed by atoms with van der Waals surface area (Å²) in [5.41, 5.74) is 3.46. The molecule has 3 heterocycles. The number of aromatic nitrogens is 4. The molecular weight excluding hydrogens is 459 g/mol. The van der Waals surface area contributed by atoms with E-state index in [2.05, 4.69) is 39.3 Å². The summed E-state index contributed by atoms with van der Waals surface area (Å²) in [6.45, 7) is 11.4. The molecule has 10 heteroatoms. The first-order valence-electron chi connectivity index (χ1n) is 11.3. The van der Waals surface area contributed by atoms with E-state index in [0.717, 1.165) is 0 Å². The number of nitrogens with one attached hydrogen (secondary N) is 2. The van der Waals surface area contributed by atoms with E-state index in [4.69, 9.17) is 0 Å². The lowest BCUT2D eigenvalue weighted by molar-refractivity contribution is 0.101. The van der Waals surface area contributed by atoms with Gasteiger partial charge in [0.05, 0.1) is 40.4 Å². The van der Waals surface area contributed by atoms with E-state index in [-0.39, 0.29) is 28.1 Å². The van der Waals surface area contributed by atoms with Gasteiger partial charge >= 0.3 is 0 Å². The van der Waals surface area contributed by atoms with Gasteiger partial charge in [0, 0.05) is 41.5 Å². The van der Waals surface area contributed by atoms with Crippen molar-refractivity contribution < 1.29 is 9.18 Å². The number of amides is 1. The lowest BCUT2D eigenvalue weighted by Gasteiger charge is -2.33. The molecule has 0 fully saturated rings. The predicted molar refractivity (Wildman–Crippen MR) is 134 cm³/mol. The molecular formula is C26H25FN8O. The number of anilines is 1. The molecule has 1 amide bonds. The third-order valence-corrected chi connectivity index (χ3v) is 6.65. The molecule has 0 unspecified atom stereocenters. The fourth-order valence-corrected chi connectivity index (χ4v) is 4.60. The van der Waals surface area contributed by atoms with Crippen LogP contribution in [-0.2, 0) is 6.54 Å². The Labute approximate surface area is 207 Å². The fraction of sp³-hybridized carbons (Fsp3) is 0.269. The summed E-state index contributed by atoms with van der Waals surface area (Å²) >= 11 is 0. The molecule has 36 heavy (non-hydrogen) atoms. The highest BCUT2D eigenvalue weighted by Crippen LogP contribution is 2.43. The zero-order chi connectivity index (χ0) is 26.3. The van der Waals surface area contributed by atoms with Crippen LogP contribution in [0.25, 0.3) is 17.0 Å². The number of hydrogen-bond donors (Lipinski definition) is 2. The Hall–Kier alpha value is -4.70. The summed E-state index contributed by atoms with van der Waals surface area (Å²) in [6, 6.07) is 7.53. The van der Waals surface area contributed by atoms with Gasteiger partial charge in [-0.15, -0.1) is 0 Å². The highest BCUT2D eigenvalue weighted by Gasteiger charge is 2.35. The van der Waals surface area contributed by atoms with Gasteiger partial charge in [0.1, 0.15) is 11.5 Å². The standard InChI is InChI=1S/C26H25FN8O/c1-7-16-23(27)17(22-19(11-28)14(4)34(6)15(5)20(22)12-29)10-18-24(16)31-32-25(18)30-26(36)21-9-13(3)33-35(21)8-2/h7,9-10,22H,1,8H2,2-6H3,(H2,30,31,32,36). The molecule has 4 rings (SSSR count). The molecule has 3 aromatic rings. The number of nitrogens with zero attached hydrogens (tertiary/aromatic N) is 6. The number of fused-ring (bicyclic) bond motifs is 1. The Morgan fingerprint density at radius 1 is 1.25 bits per heavy atom. The van der Waals surface area contributed by atoms with E-state index in [1.165, 1.54) is 12.1 Å². The van der Waals surface area contributed by atoms with Crippen molar-refractivity contribution in [1.29, 1.82) is 10.5 Å². The minimum atomic E-state index is -0.915. The number of aromatic amines is 1. The molecule has 0 aliphatic carbocycles. The number of halogens is 1. The highest BCUT2D eigenvalue weighted by molar-refractivity contribution is 6.08. The van der Waals surface area contributed by atoms with Crippen LogP contribution in [0, 0.1) is 35.4 Å². The van der Waals surface area contributed by atoms with E-state index in [1.54, 1.807) is 43.5 Å². The van der Waals surface area contributed by atoms with E-state index in [1.807, 2.05) is 6.92 Å². The molecule has 1 aliphatic heterocycles. The first-order valence-corrected chi connectivity index (χ1v) is 11.3. The Morgan fingerprint density at radius 2 is 1.89 bits per heavy atom. The average Bonchev–Trinajstić information content (AvgIpc) is 3.44. The molecule has 0 spiro atoms. The highest BCUT2D eigenvalue weighted by atomic mass is 19.1. The second kappa shape index (κ2) is 9.16. The maximum atomic E-state index is 15.9. The van der Waals surface area contributed by atoms with E-state index in [9.17, 15) is 15.3 Å². The number of hydrogen-bond acceptors (Lipinski definition) is 6. The molecule has 0 atom stereocenters. The number of rotatable bonds is 5. The van der Waals surface area contributed by atoms with Crippen LogP contribution in [0.1, 0.15) is 54.0 Å². The Kier molecular flexibility index (Phi) is 6.21. The fourth-order valence-electron chi connectivity index (χ4n) is 4.60. The van der Waals surface area contributed by atoms with Crippen LogP contribution >= 0.6 is 0 Å².